The quantitative estimate of drug-likeness (QED) is 0.644. The Morgan fingerprint density at radius 3 is 2.38 bits per heavy atom. The first kappa shape index (κ1) is 18.8. The Hall–Kier alpha value is -1.99. The van der Waals surface area contributed by atoms with Gasteiger partial charge in [0.2, 0.25) is 5.91 Å². The van der Waals surface area contributed by atoms with E-state index >= 15 is 0 Å². The number of benzene rings is 1. The van der Waals surface area contributed by atoms with E-state index in [-0.39, 0.29) is 11.7 Å². The molecule has 138 valence electrons. The average Bonchev–Trinajstić information content (AvgIpc) is 2.64. The molecule has 0 spiro atoms. The van der Waals surface area contributed by atoms with E-state index in [4.69, 9.17) is 0 Å². The van der Waals surface area contributed by atoms with E-state index in [2.05, 4.69) is 20.2 Å². The van der Waals surface area contributed by atoms with Gasteiger partial charge in [-0.2, -0.15) is 0 Å². The molecule has 2 heterocycles. The molecule has 0 unspecified atom stereocenters. The van der Waals surface area contributed by atoms with Gasteiger partial charge in [-0.05, 0) is 36.8 Å². The number of carbonyl (C=O) groups excluding carboxylic acids is 1. The molecular weight excluding hydrogens is 351 g/mol. The van der Waals surface area contributed by atoms with Crippen LogP contribution in [-0.4, -0.2) is 40.1 Å². The molecule has 1 amide bonds. The number of amides is 1. The Bertz CT molecular complexity index is 743. The van der Waals surface area contributed by atoms with E-state index in [9.17, 15) is 9.18 Å². The van der Waals surface area contributed by atoms with Crippen molar-refractivity contribution < 1.29 is 9.18 Å². The predicted octanol–water partition coefficient (Wildman–Crippen LogP) is 2.97. The molecule has 1 aliphatic heterocycles. The van der Waals surface area contributed by atoms with Crippen molar-refractivity contribution >= 4 is 17.7 Å². The van der Waals surface area contributed by atoms with Crippen LogP contribution in [0.25, 0.3) is 0 Å². The van der Waals surface area contributed by atoms with Crippen molar-refractivity contribution in [1.29, 1.82) is 0 Å². The summed E-state index contributed by atoms with van der Waals surface area (Å²) < 4.78 is 13.3. The number of halogens is 1. The van der Waals surface area contributed by atoms with Crippen molar-refractivity contribution in [2.45, 2.75) is 37.0 Å². The second-order valence-electron chi connectivity index (χ2n) is 6.62. The normalized spacial score (nSPS) is 17.0. The summed E-state index contributed by atoms with van der Waals surface area (Å²) in [7, 11) is 0. The number of nitrogens with zero attached hydrogens (tertiary/aromatic N) is 3. The van der Waals surface area contributed by atoms with Gasteiger partial charge < -0.3 is 5.32 Å². The third-order valence-corrected chi connectivity index (χ3v) is 5.37. The Balaban J connectivity index is 1.69. The Morgan fingerprint density at radius 2 is 1.85 bits per heavy atom. The molecule has 1 N–H and O–H groups in total. The van der Waals surface area contributed by atoms with Gasteiger partial charge in [0.15, 0.2) is 5.16 Å². The van der Waals surface area contributed by atoms with Crippen molar-refractivity contribution in [3.05, 3.63) is 53.6 Å². The Kier molecular flexibility index (Phi) is 5.88. The maximum absolute atomic E-state index is 13.3. The van der Waals surface area contributed by atoms with E-state index in [1.54, 1.807) is 12.1 Å². The number of rotatable bonds is 5. The molecule has 1 fully saturated rings. The van der Waals surface area contributed by atoms with Crippen LogP contribution in [0.2, 0.25) is 0 Å². The fourth-order valence-electron chi connectivity index (χ4n) is 3.47. The molecule has 1 saturated heterocycles. The number of thioether (sulfide) groups is 1. The third-order valence-electron chi connectivity index (χ3n) is 4.79. The van der Waals surface area contributed by atoms with Crippen molar-refractivity contribution in [3.63, 3.8) is 0 Å². The maximum atomic E-state index is 13.3. The average molecular weight is 374 g/mol. The highest BCUT2D eigenvalue weighted by atomic mass is 32.2. The van der Waals surface area contributed by atoms with Crippen LogP contribution in [0.1, 0.15) is 30.9 Å². The van der Waals surface area contributed by atoms with Crippen LogP contribution >= 0.6 is 11.8 Å². The molecule has 1 aromatic heterocycles. The van der Waals surface area contributed by atoms with Gasteiger partial charge in [0, 0.05) is 44.5 Å². The number of nitrogens with one attached hydrogen (secondary N) is 1. The summed E-state index contributed by atoms with van der Waals surface area (Å²) in [6.45, 7) is 3.99. The van der Waals surface area contributed by atoms with Gasteiger partial charge in [0.05, 0.1) is 5.54 Å². The van der Waals surface area contributed by atoms with Crippen molar-refractivity contribution in [1.82, 2.24) is 20.2 Å². The SMILES string of the molecule is CSc1ncc(CN2CCC(NC(C)=O)(c3ccc(F)cc3)CC2)cn1. The zero-order valence-electron chi connectivity index (χ0n) is 15.0. The minimum Gasteiger partial charge on any atom is -0.347 e. The van der Waals surface area contributed by atoms with Gasteiger partial charge >= 0.3 is 0 Å². The van der Waals surface area contributed by atoms with E-state index in [1.807, 2.05) is 18.6 Å². The van der Waals surface area contributed by atoms with Gasteiger partial charge in [0.25, 0.3) is 0 Å². The number of hydrogen-bond acceptors (Lipinski definition) is 5. The number of aromatic nitrogens is 2. The fraction of sp³-hybridized carbons (Fsp3) is 0.421. The lowest BCUT2D eigenvalue weighted by Gasteiger charge is -2.42. The second-order valence-corrected chi connectivity index (χ2v) is 7.40. The molecule has 0 saturated carbocycles. The summed E-state index contributed by atoms with van der Waals surface area (Å²) >= 11 is 1.52. The third kappa shape index (κ3) is 4.40. The molecule has 1 aliphatic rings. The van der Waals surface area contributed by atoms with E-state index in [1.165, 1.54) is 30.8 Å². The lowest BCUT2D eigenvalue weighted by molar-refractivity contribution is -0.121. The number of likely N-dealkylation sites (tertiary alicyclic amines) is 1. The van der Waals surface area contributed by atoms with E-state index < -0.39 is 5.54 Å². The van der Waals surface area contributed by atoms with Gasteiger partial charge in [-0.1, -0.05) is 23.9 Å². The van der Waals surface area contributed by atoms with Crippen LogP contribution in [0.15, 0.2) is 41.8 Å². The zero-order valence-corrected chi connectivity index (χ0v) is 15.9. The minimum absolute atomic E-state index is 0.0659. The molecule has 5 nitrogen and oxygen atoms in total. The molecule has 1 aromatic carbocycles. The first-order chi connectivity index (χ1) is 12.5. The van der Waals surface area contributed by atoms with E-state index in [0.717, 1.165) is 48.8 Å². The molecule has 0 atom stereocenters. The highest BCUT2D eigenvalue weighted by Crippen LogP contribution is 2.33. The molecule has 0 aliphatic carbocycles. The standard InChI is InChI=1S/C19H23FN4OS/c1-14(25)23-19(16-3-5-17(20)6-4-16)7-9-24(10-8-19)13-15-11-21-18(26-2)22-12-15/h3-6,11-12H,7-10,13H2,1-2H3,(H,23,25). The van der Waals surface area contributed by atoms with E-state index in [0.29, 0.717) is 0 Å². The number of piperidine rings is 1. The van der Waals surface area contributed by atoms with Crippen LogP contribution < -0.4 is 5.32 Å². The molecule has 0 radical (unpaired) electrons. The number of carbonyl (C=O) groups is 1. The van der Waals surface area contributed by atoms with Gasteiger partial charge in [0.1, 0.15) is 5.82 Å². The summed E-state index contributed by atoms with van der Waals surface area (Å²) in [4.78, 5) is 22.7. The summed E-state index contributed by atoms with van der Waals surface area (Å²) in [6.07, 6.45) is 7.25. The van der Waals surface area contributed by atoms with Gasteiger partial charge in [-0.15, -0.1) is 0 Å². The van der Waals surface area contributed by atoms with Crippen LogP contribution in [-0.2, 0) is 16.9 Å². The van der Waals surface area contributed by atoms with Crippen LogP contribution in [0, 0.1) is 5.82 Å². The first-order valence-electron chi connectivity index (χ1n) is 8.63. The summed E-state index contributed by atoms with van der Waals surface area (Å²) in [5.41, 5.74) is 1.60. The molecule has 26 heavy (non-hydrogen) atoms. The van der Waals surface area contributed by atoms with Crippen LogP contribution in [0.5, 0.6) is 0 Å². The second kappa shape index (κ2) is 8.14. The number of hydrogen-bond donors (Lipinski definition) is 1. The smallest absolute Gasteiger partial charge is 0.217 e. The largest absolute Gasteiger partial charge is 0.347 e. The Morgan fingerprint density at radius 1 is 1.23 bits per heavy atom. The van der Waals surface area contributed by atoms with Crippen LogP contribution in [0.3, 0.4) is 0 Å². The topological polar surface area (TPSA) is 58.1 Å². The first-order valence-corrected chi connectivity index (χ1v) is 9.85. The molecule has 2 aromatic rings. The summed E-state index contributed by atoms with van der Waals surface area (Å²) in [5, 5.41) is 3.89. The molecule has 3 rings (SSSR count). The van der Waals surface area contributed by atoms with Crippen molar-refractivity contribution in [2.75, 3.05) is 19.3 Å². The molecular formula is C19H23FN4OS. The van der Waals surface area contributed by atoms with Gasteiger partial charge in [-0.3, -0.25) is 9.69 Å². The van der Waals surface area contributed by atoms with Crippen molar-refractivity contribution in [2.24, 2.45) is 0 Å². The maximum Gasteiger partial charge on any atom is 0.217 e. The predicted molar refractivity (Wildman–Crippen MR) is 100 cm³/mol. The fourth-order valence-corrected chi connectivity index (χ4v) is 3.79. The Labute approximate surface area is 157 Å². The highest BCUT2D eigenvalue weighted by Gasteiger charge is 2.36. The molecule has 7 heteroatoms. The summed E-state index contributed by atoms with van der Waals surface area (Å²) in [6, 6.07) is 6.46. The molecule has 0 bridgehead atoms. The highest BCUT2D eigenvalue weighted by molar-refractivity contribution is 7.98. The van der Waals surface area contributed by atoms with Gasteiger partial charge in [-0.25, -0.2) is 14.4 Å². The summed E-state index contributed by atoms with van der Waals surface area (Å²) in [5.74, 6) is -0.332. The zero-order chi connectivity index (χ0) is 18.6. The monoisotopic (exact) mass is 374 g/mol. The van der Waals surface area contributed by atoms with Crippen LogP contribution in [0.4, 0.5) is 4.39 Å². The van der Waals surface area contributed by atoms with Crippen molar-refractivity contribution in [3.8, 4) is 0 Å². The lowest BCUT2D eigenvalue weighted by Crippen LogP contribution is -2.52. The lowest BCUT2D eigenvalue weighted by atomic mass is 9.80. The minimum atomic E-state index is -0.435.